The molecule has 0 amide bonds. The Kier molecular flexibility index (Phi) is 3.98. The van der Waals surface area contributed by atoms with Gasteiger partial charge in [0.15, 0.2) is 5.16 Å². The predicted octanol–water partition coefficient (Wildman–Crippen LogP) is 2.40. The predicted molar refractivity (Wildman–Crippen MR) is 69.0 cm³/mol. The number of aromatic nitrogens is 2. The van der Waals surface area contributed by atoms with Crippen molar-refractivity contribution in [2.45, 2.75) is 11.6 Å². The van der Waals surface area contributed by atoms with Gasteiger partial charge in [-0.25, -0.2) is 9.97 Å². The molecule has 2 heterocycles. The molecule has 0 atom stereocenters. The smallest absolute Gasteiger partial charge is 0.190 e. The first-order valence-corrected chi connectivity index (χ1v) is 6.80. The molecule has 0 radical (unpaired) electrons. The largest absolute Gasteiger partial charge is 0.385 e. The first-order valence-electron chi connectivity index (χ1n) is 4.93. The maximum Gasteiger partial charge on any atom is 0.190 e. The lowest BCUT2D eigenvalue weighted by Gasteiger charge is -2.01. The molecule has 2 N–H and O–H groups in total. The van der Waals surface area contributed by atoms with Crippen LogP contribution in [0.2, 0.25) is 0 Å². The van der Waals surface area contributed by atoms with E-state index in [1.165, 1.54) is 0 Å². The molecular weight excluding hydrogens is 242 g/mol. The van der Waals surface area contributed by atoms with Gasteiger partial charge in [0.1, 0.15) is 10.6 Å². The lowest BCUT2D eigenvalue weighted by molar-refractivity contribution is 0.200. The van der Waals surface area contributed by atoms with E-state index in [1.807, 2.05) is 11.4 Å². The average Bonchev–Trinajstić information content (AvgIpc) is 2.73. The fourth-order valence-corrected chi connectivity index (χ4v) is 2.88. The zero-order valence-corrected chi connectivity index (χ0v) is 10.6. The monoisotopic (exact) mass is 255 g/mol. The molecule has 6 heteroatoms. The van der Waals surface area contributed by atoms with Crippen LogP contribution in [0.25, 0.3) is 10.2 Å². The first-order chi connectivity index (χ1) is 7.81. The standard InChI is InChI=1S/C10H13N3OS2/c1-14-4-2-5-16-10-12-8(11)7-3-6-15-9(7)13-10/h3,6H,2,4-5H2,1H3,(H2,11,12,13). The molecule has 0 aliphatic carbocycles. The average molecular weight is 255 g/mol. The zero-order chi connectivity index (χ0) is 11.4. The van der Waals surface area contributed by atoms with Crippen LogP contribution in [-0.4, -0.2) is 29.4 Å². The molecule has 2 rings (SSSR count). The van der Waals surface area contributed by atoms with Gasteiger partial charge in [-0.05, 0) is 17.9 Å². The van der Waals surface area contributed by atoms with Crippen molar-refractivity contribution in [1.82, 2.24) is 9.97 Å². The highest BCUT2D eigenvalue weighted by Gasteiger charge is 2.06. The molecule has 0 aliphatic rings. The number of hydrogen-bond acceptors (Lipinski definition) is 6. The van der Waals surface area contributed by atoms with Crippen molar-refractivity contribution in [2.75, 3.05) is 25.2 Å². The van der Waals surface area contributed by atoms with E-state index in [9.17, 15) is 0 Å². The van der Waals surface area contributed by atoms with Crippen LogP contribution >= 0.6 is 23.1 Å². The minimum Gasteiger partial charge on any atom is -0.385 e. The van der Waals surface area contributed by atoms with E-state index in [-0.39, 0.29) is 0 Å². The molecule has 0 aromatic carbocycles. The van der Waals surface area contributed by atoms with Gasteiger partial charge in [-0.3, -0.25) is 0 Å². The second kappa shape index (κ2) is 5.47. The molecule has 16 heavy (non-hydrogen) atoms. The normalized spacial score (nSPS) is 11.1. The van der Waals surface area contributed by atoms with E-state index in [4.69, 9.17) is 10.5 Å². The van der Waals surface area contributed by atoms with E-state index in [0.29, 0.717) is 5.82 Å². The van der Waals surface area contributed by atoms with E-state index in [2.05, 4.69) is 9.97 Å². The number of nitrogens with zero attached hydrogens (tertiary/aromatic N) is 2. The van der Waals surface area contributed by atoms with Gasteiger partial charge in [0.2, 0.25) is 0 Å². The maximum atomic E-state index is 5.85. The van der Waals surface area contributed by atoms with E-state index >= 15 is 0 Å². The Morgan fingerprint density at radius 1 is 1.50 bits per heavy atom. The van der Waals surface area contributed by atoms with Crippen molar-refractivity contribution >= 4 is 39.1 Å². The van der Waals surface area contributed by atoms with Crippen LogP contribution in [0.1, 0.15) is 6.42 Å². The molecule has 2 aromatic rings. The Balaban J connectivity index is 2.06. The molecule has 0 bridgehead atoms. The molecule has 0 spiro atoms. The van der Waals surface area contributed by atoms with Crippen molar-refractivity contribution in [3.63, 3.8) is 0 Å². The lowest BCUT2D eigenvalue weighted by atomic mass is 10.4. The summed E-state index contributed by atoms with van der Waals surface area (Å²) in [5.74, 6) is 1.52. The minimum absolute atomic E-state index is 0.570. The van der Waals surface area contributed by atoms with Crippen molar-refractivity contribution in [1.29, 1.82) is 0 Å². The molecule has 0 saturated carbocycles. The Morgan fingerprint density at radius 2 is 2.38 bits per heavy atom. The summed E-state index contributed by atoms with van der Waals surface area (Å²) in [4.78, 5) is 9.67. The van der Waals surface area contributed by atoms with Crippen molar-refractivity contribution in [3.05, 3.63) is 11.4 Å². The SMILES string of the molecule is COCCCSc1nc(N)c2ccsc2n1. The number of fused-ring (bicyclic) bond motifs is 1. The molecule has 0 fully saturated rings. The van der Waals surface area contributed by atoms with E-state index < -0.39 is 0 Å². The summed E-state index contributed by atoms with van der Waals surface area (Å²) in [5, 5.41) is 3.68. The molecular formula is C10H13N3OS2. The molecule has 0 saturated heterocycles. The molecule has 4 nitrogen and oxygen atoms in total. The number of rotatable bonds is 5. The van der Waals surface area contributed by atoms with Gasteiger partial charge in [0, 0.05) is 19.5 Å². The lowest BCUT2D eigenvalue weighted by Crippen LogP contribution is -1.96. The summed E-state index contributed by atoms with van der Waals surface area (Å²) < 4.78 is 4.98. The van der Waals surface area contributed by atoms with Gasteiger partial charge < -0.3 is 10.5 Å². The number of hydrogen-bond donors (Lipinski definition) is 1. The van der Waals surface area contributed by atoms with Gasteiger partial charge >= 0.3 is 0 Å². The quantitative estimate of drug-likeness (QED) is 0.505. The number of ether oxygens (including phenoxy) is 1. The summed E-state index contributed by atoms with van der Waals surface area (Å²) >= 11 is 3.21. The van der Waals surface area contributed by atoms with Crippen LogP contribution in [0, 0.1) is 0 Å². The van der Waals surface area contributed by atoms with Crippen LogP contribution in [0.5, 0.6) is 0 Å². The molecule has 0 aliphatic heterocycles. The van der Waals surface area contributed by atoms with Crippen LogP contribution in [-0.2, 0) is 4.74 Å². The summed E-state index contributed by atoms with van der Waals surface area (Å²) in [6.07, 6.45) is 0.993. The highest BCUT2D eigenvalue weighted by atomic mass is 32.2. The van der Waals surface area contributed by atoms with Crippen LogP contribution in [0.4, 0.5) is 5.82 Å². The molecule has 0 unspecified atom stereocenters. The van der Waals surface area contributed by atoms with Gasteiger partial charge in [-0.15, -0.1) is 11.3 Å². The Labute approximate surface area is 102 Å². The fourth-order valence-electron chi connectivity index (χ4n) is 1.29. The molecule has 86 valence electrons. The van der Waals surface area contributed by atoms with Gasteiger partial charge in [0.25, 0.3) is 0 Å². The second-order valence-electron chi connectivity index (χ2n) is 3.23. The Morgan fingerprint density at radius 3 is 3.19 bits per heavy atom. The number of anilines is 1. The summed E-state index contributed by atoms with van der Waals surface area (Å²) in [6, 6.07) is 1.95. The van der Waals surface area contributed by atoms with Crippen LogP contribution in [0.15, 0.2) is 16.6 Å². The number of thioether (sulfide) groups is 1. The minimum atomic E-state index is 0.570. The van der Waals surface area contributed by atoms with Crippen molar-refractivity contribution < 1.29 is 4.74 Å². The third kappa shape index (κ3) is 2.63. The number of nitrogen functional groups attached to an aromatic ring is 1. The summed E-state index contributed by atoms with van der Waals surface area (Å²) in [6.45, 7) is 0.768. The Bertz CT molecular complexity index is 472. The Hall–Kier alpha value is -0.850. The third-order valence-corrected chi connectivity index (χ3v) is 3.80. The number of thiophene rings is 1. The van der Waals surface area contributed by atoms with Gasteiger partial charge in [0.05, 0.1) is 5.39 Å². The zero-order valence-electron chi connectivity index (χ0n) is 8.97. The van der Waals surface area contributed by atoms with Crippen molar-refractivity contribution in [3.8, 4) is 0 Å². The maximum absolute atomic E-state index is 5.85. The van der Waals surface area contributed by atoms with Gasteiger partial charge in [-0.2, -0.15) is 0 Å². The third-order valence-electron chi connectivity index (χ3n) is 2.06. The topological polar surface area (TPSA) is 61.0 Å². The van der Waals surface area contributed by atoms with E-state index in [0.717, 1.165) is 34.2 Å². The van der Waals surface area contributed by atoms with Gasteiger partial charge in [-0.1, -0.05) is 11.8 Å². The first kappa shape index (κ1) is 11.6. The van der Waals surface area contributed by atoms with Crippen LogP contribution in [0.3, 0.4) is 0 Å². The highest BCUT2D eigenvalue weighted by molar-refractivity contribution is 7.99. The second-order valence-corrected chi connectivity index (χ2v) is 5.18. The highest BCUT2D eigenvalue weighted by Crippen LogP contribution is 2.26. The van der Waals surface area contributed by atoms with Crippen molar-refractivity contribution in [2.24, 2.45) is 0 Å². The summed E-state index contributed by atoms with van der Waals surface area (Å²) in [7, 11) is 1.71. The van der Waals surface area contributed by atoms with Crippen LogP contribution < -0.4 is 5.73 Å². The number of nitrogens with two attached hydrogens (primary N) is 1. The van der Waals surface area contributed by atoms with E-state index in [1.54, 1.807) is 30.2 Å². The summed E-state index contributed by atoms with van der Waals surface area (Å²) in [5.41, 5.74) is 5.85. The number of methoxy groups -OCH3 is 1. The fraction of sp³-hybridized carbons (Fsp3) is 0.400. The molecule has 2 aromatic heterocycles.